The summed E-state index contributed by atoms with van der Waals surface area (Å²) < 4.78 is 18.6. The number of halogens is 1. The van der Waals surface area contributed by atoms with Gasteiger partial charge >= 0.3 is 0 Å². The summed E-state index contributed by atoms with van der Waals surface area (Å²) in [5, 5.41) is 29.8. The van der Waals surface area contributed by atoms with Crippen LogP contribution in [0, 0.1) is 91.7 Å². The van der Waals surface area contributed by atoms with Crippen LogP contribution in [0.2, 0.25) is 0 Å². The zero-order chi connectivity index (χ0) is 25.4. The van der Waals surface area contributed by atoms with E-state index in [1.807, 2.05) is 12.3 Å². The number of hydrogen-bond acceptors (Lipinski definition) is 7. The molecule has 6 fully saturated rings. The van der Waals surface area contributed by atoms with Crippen LogP contribution in [0.1, 0.15) is 37.3 Å². The first-order chi connectivity index (χ1) is 18.1. The first kappa shape index (κ1) is 24.1. The van der Waals surface area contributed by atoms with E-state index in [4.69, 9.17) is 19.2 Å². The highest BCUT2D eigenvalue weighted by Crippen LogP contribution is 2.77. The summed E-state index contributed by atoms with van der Waals surface area (Å²) in [4.78, 5) is 4.90. The van der Waals surface area contributed by atoms with E-state index in [0.29, 0.717) is 39.0 Å². The SMILES string of the molecule is N#CC1C2COCC12CCCCC(C(c1ccc(Br)cn1)C12COCC1C2C#N)C12COCC1C2C#N. The quantitative estimate of drug-likeness (QED) is 0.408. The Morgan fingerprint density at radius 1 is 0.865 bits per heavy atom. The molecule has 0 spiro atoms. The highest BCUT2D eigenvalue weighted by Gasteiger charge is 2.79. The van der Waals surface area contributed by atoms with Gasteiger partial charge in [-0.2, -0.15) is 15.8 Å². The minimum atomic E-state index is -0.240. The van der Waals surface area contributed by atoms with Gasteiger partial charge in [0, 0.05) is 56.3 Å². The van der Waals surface area contributed by atoms with Crippen molar-refractivity contribution in [3.63, 3.8) is 0 Å². The van der Waals surface area contributed by atoms with Crippen molar-refractivity contribution in [2.75, 3.05) is 39.6 Å². The van der Waals surface area contributed by atoms with Gasteiger partial charge in [-0.1, -0.05) is 12.8 Å². The van der Waals surface area contributed by atoms with E-state index in [0.717, 1.165) is 42.5 Å². The fourth-order valence-corrected chi connectivity index (χ4v) is 9.52. The summed E-state index contributed by atoms with van der Waals surface area (Å²) in [5.74, 6) is 1.25. The molecule has 3 saturated heterocycles. The van der Waals surface area contributed by atoms with E-state index >= 15 is 0 Å². The Morgan fingerprint density at radius 3 is 2.14 bits per heavy atom. The van der Waals surface area contributed by atoms with E-state index in [9.17, 15) is 15.8 Å². The van der Waals surface area contributed by atoms with Crippen molar-refractivity contribution in [3.8, 4) is 18.2 Å². The minimum Gasteiger partial charge on any atom is -0.380 e. The van der Waals surface area contributed by atoms with Gasteiger partial charge in [-0.25, -0.2) is 0 Å². The number of pyridine rings is 1. The lowest BCUT2D eigenvalue weighted by molar-refractivity contribution is 0.0676. The summed E-state index contributed by atoms with van der Waals surface area (Å²) in [6.45, 7) is 3.92. The van der Waals surface area contributed by atoms with Gasteiger partial charge in [0.05, 0.1) is 75.6 Å². The van der Waals surface area contributed by atoms with Crippen molar-refractivity contribution in [2.24, 2.45) is 57.7 Å². The summed E-state index contributed by atoms with van der Waals surface area (Å²) in [6.07, 6.45) is 5.91. The molecule has 192 valence electrons. The van der Waals surface area contributed by atoms with Gasteiger partial charge in [-0.15, -0.1) is 0 Å². The predicted octanol–water partition coefficient (Wildman–Crippen LogP) is 4.46. The average molecular weight is 563 g/mol. The molecule has 11 unspecified atom stereocenters. The monoisotopic (exact) mass is 562 g/mol. The highest BCUT2D eigenvalue weighted by atomic mass is 79.9. The van der Waals surface area contributed by atoms with Crippen LogP contribution in [0.25, 0.3) is 0 Å². The van der Waals surface area contributed by atoms with Crippen molar-refractivity contribution in [2.45, 2.75) is 31.6 Å². The number of rotatable bonds is 9. The third kappa shape index (κ3) is 3.15. The summed E-state index contributed by atoms with van der Waals surface area (Å²) in [5.41, 5.74) is 0.662. The lowest BCUT2D eigenvalue weighted by Crippen LogP contribution is -2.36. The number of unbranched alkanes of at least 4 members (excludes halogenated alkanes) is 1. The smallest absolute Gasteiger partial charge is 0.0667 e. The molecule has 7 nitrogen and oxygen atoms in total. The van der Waals surface area contributed by atoms with Crippen LogP contribution >= 0.6 is 15.9 Å². The van der Waals surface area contributed by atoms with E-state index in [1.165, 1.54) is 0 Å². The Balaban J connectivity index is 1.20. The average Bonchev–Trinajstić information content (AvgIpc) is 3.65. The minimum absolute atomic E-state index is 0.00161. The van der Waals surface area contributed by atoms with Crippen LogP contribution in [0.3, 0.4) is 0 Å². The van der Waals surface area contributed by atoms with Crippen LogP contribution in [-0.2, 0) is 14.2 Å². The first-order valence-electron chi connectivity index (χ1n) is 13.6. The molecular formula is C29H31BrN4O3. The maximum atomic E-state index is 10.1. The lowest BCUT2D eigenvalue weighted by Gasteiger charge is -2.38. The molecule has 1 aromatic heterocycles. The Labute approximate surface area is 226 Å². The molecule has 6 aliphatic rings. The molecular weight excluding hydrogens is 532 g/mol. The van der Waals surface area contributed by atoms with Crippen LogP contribution in [-0.4, -0.2) is 44.6 Å². The maximum absolute atomic E-state index is 10.1. The second-order valence-corrected chi connectivity index (χ2v) is 13.3. The molecule has 0 aromatic carbocycles. The lowest BCUT2D eigenvalue weighted by atomic mass is 9.65. The number of nitriles is 3. The van der Waals surface area contributed by atoms with Gasteiger partial charge in [0.25, 0.3) is 0 Å². The fourth-order valence-electron chi connectivity index (χ4n) is 9.28. The molecule has 0 N–H and O–H groups in total. The summed E-state index contributed by atoms with van der Waals surface area (Å²) >= 11 is 3.54. The van der Waals surface area contributed by atoms with Crippen molar-refractivity contribution >= 4 is 15.9 Å². The number of fused-ring (bicyclic) bond motifs is 3. The molecule has 11 atom stereocenters. The van der Waals surface area contributed by atoms with Crippen molar-refractivity contribution in [3.05, 3.63) is 28.5 Å². The Hall–Kier alpha value is -2.02. The first-order valence-corrected chi connectivity index (χ1v) is 14.4. The standard InChI is InChI=1S/C29H31BrN4O3/c30-17-4-5-25(34-10-17)26(29-16-37-13-24(29)21(29)9-33)18(28-15-36-12-23(28)20(28)8-32)3-1-2-6-27-14-35-11-22(27)19(27)7-31/h4-5,10,18-24,26H,1-3,6,11-16H2. The second-order valence-electron chi connectivity index (χ2n) is 12.4. The number of hydrogen-bond donors (Lipinski definition) is 0. The molecule has 0 amide bonds. The van der Waals surface area contributed by atoms with Gasteiger partial charge < -0.3 is 14.2 Å². The van der Waals surface area contributed by atoms with E-state index in [1.54, 1.807) is 0 Å². The third-order valence-corrected chi connectivity index (χ3v) is 11.8. The largest absolute Gasteiger partial charge is 0.380 e. The summed E-state index contributed by atoms with van der Waals surface area (Å²) in [6, 6.07) is 11.9. The Bertz CT molecular complexity index is 1220. The number of nitrogens with zero attached hydrogens (tertiary/aromatic N) is 4. The van der Waals surface area contributed by atoms with Crippen LogP contribution in [0.4, 0.5) is 0 Å². The molecule has 1 aromatic rings. The molecule has 3 aliphatic carbocycles. The van der Waals surface area contributed by atoms with Gasteiger partial charge in [0.15, 0.2) is 0 Å². The Kier molecular flexibility index (Phi) is 5.52. The van der Waals surface area contributed by atoms with Crippen molar-refractivity contribution in [1.29, 1.82) is 15.8 Å². The molecule has 3 saturated carbocycles. The van der Waals surface area contributed by atoms with Gasteiger partial charge in [0.1, 0.15) is 0 Å². The summed E-state index contributed by atoms with van der Waals surface area (Å²) in [7, 11) is 0. The third-order valence-electron chi connectivity index (χ3n) is 11.3. The Morgan fingerprint density at radius 2 is 1.51 bits per heavy atom. The van der Waals surface area contributed by atoms with Crippen molar-refractivity contribution < 1.29 is 14.2 Å². The van der Waals surface area contributed by atoms with Crippen LogP contribution in [0.5, 0.6) is 0 Å². The van der Waals surface area contributed by atoms with Gasteiger partial charge in [0.2, 0.25) is 0 Å². The fraction of sp³-hybridized carbons (Fsp3) is 0.724. The normalized spacial score (nSPS) is 45.5. The molecule has 0 radical (unpaired) electrons. The molecule has 7 rings (SSSR count). The van der Waals surface area contributed by atoms with Crippen LogP contribution < -0.4 is 0 Å². The second kappa shape index (κ2) is 8.49. The zero-order valence-electron chi connectivity index (χ0n) is 20.8. The van der Waals surface area contributed by atoms with E-state index in [2.05, 4.69) is 40.2 Å². The van der Waals surface area contributed by atoms with Gasteiger partial charge in [-0.05, 0) is 46.8 Å². The zero-order valence-corrected chi connectivity index (χ0v) is 22.4. The molecule has 4 heterocycles. The highest BCUT2D eigenvalue weighted by molar-refractivity contribution is 9.10. The molecule has 37 heavy (non-hydrogen) atoms. The molecule has 8 heteroatoms. The van der Waals surface area contributed by atoms with Crippen LogP contribution in [0.15, 0.2) is 22.8 Å². The number of ether oxygens (including phenoxy) is 3. The topological polar surface area (TPSA) is 112 Å². The van der Waals surface area contributed by atoms with E-state index < -0.39 is 0 Å². The number of aromatic nitrogens is 1. The predicted molar refractivity (Wildman–Crippen MR) is 134 cm³/mol. The van der Waals surface area contributed by atoms with Crippen molar-refractivity contribution in [1.82, 2.24) is 4.98 Å². The molecule has 0 bridgehead atoms. The van der Waals surface area contributed by atoms with E-state index in [-0.39, 0.29) is 57.7 Å². The van der Waals surface area contributed by atoms with Gasteiger partial charge in [-0.3, -0.25) is 4.98 Å². The maximum Gasteiger partial charge on any atom is 0.0667 e. The molecule has 3 aliphatic heterocycles.